The zero-order valence-electron chi connectivity index (χ0n) is 7.43. The van der Waals surface area contributed by atoms with Crippen LogP contribution in [-0.4, -0.2) is 0 Å². The summed E-state index contributed by atoms with van der Waals surface area (Å²) in [7, 11) is 0. The second-order valence-electron chi connectivity index (χ2n) is 3.17. The van der Waals surface area contributed by atoms with E-state index in [1.54, 1.807) is 0 Å². The summed E-state index contributed by atoms with van der Waals surface area (Å²) in [5.74, 6) is 0. The van der Waals surface area contributed by atoms with Crippen LogP contribution in [0, 0.1) is 0 Å². The lowest BCUT2D eigenvalue weighted by atomic mass is 10.0. The summed E-state index contributed by atoms with van der Waals surface area (Å²) in [6, 6.07) is 1.47. The average Bonchev–Trinajstić information content (AvgIpc) is 2.10. The van der Waals surface area contributed by atoms with E-state index < -0.39 is 0 Å². The number of hydrogen-bond acceptors (Lipinski definition) is 2. The van der Waals surface area contributed by atoms with Crippen LogP contribution in [0.25, 0.3) is 0 Å². The van der Waals surface area contributed by atoms with Crippen LogP contribution in [0.15, 0.2) is 15.7 Å². The van der Waals surface area contributed by atoms with Gasteiger partial charge in [0.05, 0.1) is 0 Å². The molecule has 0 aliphatic heterocycles. The Bertz CT molecular complexity index is 305. The third-order valence-electron chi connectivity index (χ3n) is 2.12. The molecule has 1 rings (SSSR count). The van der Waals surface area contributed by atoms with Gasteiger partial charge in [0, 0.05) is 5.56 Å². The lowest BCUT2D eigenvalue weighted by Crippen LogP contribution is -2.33. The largest absolute Gasteiger partial charge is 0.286 e. The fourth-order valence-corrected chi connectivity index (χ4v) is 1.30. The van der Waals surface area contributed by atoms with Crippen molar-refractivity contribution >= 4 is 0 Å². The lowest BCUT2D eigenvalue weighted by molar-refractivity contribution is 0.663. The second-order valence-corrected chi connectivity index (χ2v) is 3.17. The summed E-state index contributed by atoms with van der Waals surface area (Å²) in [6.07, 6.45) is 5.42. The fraction of sp³-hybridized carbons (Fsp3) is 0.600. The van der Waals surface area contributed by atoms with E-state index in [0.717, 1.165) is 24.8 Å². The minimum Gasteiger partial charge on any atom is -0.286 e. The molecule has 1 aromatic rings. The van der Waals surface area contributed by atoms with E-state index in [0.29, 0.717) is 0 Å². The molecular formula is C10H14O2. The summed E-state index contributed by atoms with van der Waals surface area (Å²) in [4.78, 5) is 21.3. The molecule has 0 saturated carbocycles. The minimum atomic E-state index is -0.319. The van der Waals surface area contributed by atoms with Crippen LogP contribution in [0.2, 0.25) is 0 Å². The second kappa shape index (κ2) is 4.19. The topological polar surface area (TPSA) is 34.1 Å². The van der Waals surface area contributed by atoms with Gasteiger partial charge in [-0.1, -0.05) is 26.2 Å². The van der Waals surface area contributed by atoms with Gasteiger partial charge in [0.2, 0.25) is 10.9 Å². The predicted octanol–water partition coefficient (Wildman–Crippen LogP) is 1.41. The van der Waals surface area contributed by atoms with E-state index in [1.807, 2.05) is 0 Å². The molecule has 0 aromatic heterocycles. The first-order chi connectivity index (χ1) is 5.75. The number of aryl methyl sites for hydroxylation is 1. The summed E-state index contributed by atoms with van der Waals surface area (Å²) in [5.41, 5.74) is 0.156. The van der Waals surface area contributed by atoms with Gasteiger partial charge < -0.3 is 0 Å². The maximum atomic E-state index is 10.8. The normalized spacial score (nSPS) is 10.8. The van der Waals surface area contributed by atoms with E-state index in [4.69, 9.17) is 0 Å². The molecule has 0 fully saturated rings. The van der Waals surface area contributed by atoms with E-state index in [-0.39, 0.29) is 10.9 Å². The Labute approximate surface area is 71.9 Å². The highest BCUT2D eigenvalue weighted by Crippen LogP contribution is 2.03. The zero-order chi connectivity index (χ0) is 8.97. The minimum absolute atomic E-state index is 0.258. The van der Waals surface area contributed by atoms with Gasteiger partial charge in [-0.2, -0.15) is 0 Å². The van der Waals surface area contributed by atoms with Crippen molar-refractivity contribution in [2.45, 2.75) is 39.0 Å². The smallest absolute Gasteiger partial charge is 0.229 e. The molecule has 12 heavy (non-hydrogen) atoms. The Balaban J connectivity index is 2.23. The molecule has 0 heterocycles. The van der Waals surface area contributed by atoms with Crippen LogP contribution in [0.4, 0.5) is 0 Å². The molecule has 0 spiro atoms. The molecule has 0 aliphatic rings. The van der Waals surface area contributed by atoms with E-state index in [2.05, 4.69) is 6.92 Å². The van der Waals surface area contributed by atoms with Crippen molar-refractivity contribution in [1.29, 1.82) is 0 Å². The van der Waals surface area contributed by atoms with Gasteiger partial charge in [-0.05, 0) is 18.9 Å². The predicted molar refractivity (Wildman–Crippen MR) is 49.2 cm³/mol. The summed E-state index contributed by atoms with van der Waals surface area (Å²) in [6.45, 7) is 2.15. The monoisotopic (exact) mass is 166 g/mol. The molecule has 0 bridgehead atoms. The fourth-order valence-electron chi connectivity index (χ4n) is 1.30. The molecule has 0 aliphatic carbocycles. The van der Waals surface area contributed by atoms with Crippen molar-refractivity contribution in [3.8, 4) is 0 Å². The molecule has 0 amide bonds. The standard InChI is InChI=1S/C10H14O2/c1-2-3-4-5-6-8-7-9(11)10(8)12/h7H,2-6H2,1H3. The van der Waals surface area contributed by atoms with Crippen molar-refractivity contribution in [3.63, 3.8) is 0 Å². The van der Waals surface area contributed by atoms with Crippen molar-refractivity contribution < 1.29 is 0 Å². The van der Waals surface area contributed by atoms with Gasteiger partial charge in [-0.3, -0.25) is 9.59 Å². The third-order valence-corrected chi connectivity index (χ3v) is 2.12. The molecular weight excluding hydrogens is 152 g/mol. The van der Waals surface area contributed by atoms with Crippen LogP contribution >= 0.6 is 0 Å². The van der Waals surface area contributed by atoms with Crippen LogP contribution in [0.3, 0.4) is 0 Å². The molecule has 2 heteroatoms. The van der Waals surface area contributed by atoms with Crippen molar-refractivity contribution in [1.82, 2.24) is 0 Å². The van der Waals surface area contributed by atoms with Crippen LogP contribution in [-0.2, 0) is 6.42 Å². The molecule has 0 unspecified atom stereocenters. The molecule has 2 nitrogen and oxygen atoms in total. The first kappa shape index (κ1) is 9.17. The number of unbranched alkanes of at least 4 members (excludes halogenated alkanes) is 3. The molecule has 0 saturated heterocycles. The highest BCUT2D eigenvalue weighted by Gasteiger charge is 2.07. The summed E-state index contributed by atoms with van der Waals surface area (Å²) in [5, 5.41) is 0. The highest BCUT2D eigenvalue weighted by atomic mass is 16.2. The molecule has 66 valence electrons. The van der Waals surface area contributed by atoms with Crippen molar-refractivity contribution in [2.24, 2.45) is 0 Å². The van der Waals surface area contributed by atoms with Crippen molar-refractivity contribution in [2.75, 3.05) is 0 Å². The Hall–Kier alpha value is -0.920. The maximum Gasteiger partial charge on any atom is 0.229 e. The summed E-state index contributed by atoms with van der Waals surface area (Å²) < 4.78 is 0. The van der Waals surface area contributed by atoms with Gasteiger partial charge in [0.1, 0.15) is 0 Å². The Morgan fingerprint density at radius 1 is 1.17 bits per heavy atom. The molecule has 0 radical (unpaired) electrons. The van der Waals surface area contributed by atoms with Gasteiger partial charge in [-0.15, -0.1) is 0 Å². The van der Waals surface area contributed by atoms with Gasteiger partial charge in [0.25, 0.3) is 0 Å². The van der Waals surface area contributed by atoms with Crippen LogP contribution in [0.5, 0.6) is 0 Å². The lowest BCUT2D eigenvalue weighted by Gasteiger charge is -2.00. The highest BCUT2D eigenvalue weighted by molar-refractivity contribution is 5.19. The van der Waals surface area contributed by atoms with Gasteiger partial charge in [-0.25, -0.2) is 0 Å². The number of rotatable bonds is 5. The van der Waals surface area contributed by atoms with E-state index in [9.17, 15) is 9.59 Å². The number of hydrogen-bond donors (Lipinski definition) is 0. The average molecular weight is 166 g/mol. The summed E-state index contributed by atoms with van der Waals surface area (Å²) >= 11 is 0. The first-order valence-corrected chi connectivity index (χ1v) is 4.55. The Kier molecular flexibility index (Phi) is 3.20. The zero-order valence-corrected chi connectivity index (χ0v) is 7.43. The van der Waals surface area contributed by atoms with Crippen molar-refractivity contribution in [3.05, 3.63) is 32.1 Å². The van der Waals surface area contributed by atoms with Crippen LogP contribution in [0.1, 0.15) is 38.2 Å². The Morgan fingerprint density at radius 3 is 2.42 bits per heavy atom. The SMILES string of the molecule is CCCCCCc1cc(=O)c1=O. The quantitative estimate of drug-likeness (QED) is 0.489. The first-order valence-electron chi connectivity index (χ1n) is 4.55. The Morgan fingerprint density at radius 2 is 1.92 bits per heavy atom. The molecule has 1 aromatic carbocycles. The van der Waals surface area contributed by atoms with E-state index >= 15 is 0 Å². The molecule has 0 N–H and O–H groups in total. The van der Waals surface area contributed by atoms with Gasteiger partial charge >= 0.3 is 0 Å². The third kappa shape index (κ3) is 2.03. The maximum absolute atomic E-state index is 10.8. The van der Waals surface area contributed by atoms with E-state index in [1.165, 1.54) is 18.9 Å². The van der Waals surface area contributed by atoms with Crippen LogP contribution < -0.4 is 10.9 Å². The van der Waals surface area contributed by atoms with Gasteiger partial charge in [0.15, 0.2) is 0 Å². The molecule has 0 atom stereocenters.